The number of nitrogens with one attached hydrogen (secondary N) is 1. The van der Waals surface area contributed by atoms with Crippen LogP contribution >= 0.6 is 0 Å². The Morgan fingerprint density at radius 2 is 1.91 bits per heavy atom. The summed E-state index contributed by atoms with van der Waals surface area (Å²) in [7, 11) is -3.60. The lowest BCUT2D eigenvalue weighted by Crippen LogP contribution is -2.40. The number of hydrogen-bond acceptors (Lipinski definition) is 6. The summed E-state index contributed by atoms with van der Waals surface area (Å²) in [5, 5.41) is 3.82. The van der Waals surface area contributed by atoms with Gasteiger partial charge in [-0.3, -0.25) is 4.79 Å². The van der Waals surface area contributed by atoms with E-state index < -0.39 is 16.1 Å². The van der Waals surface area contributed by atoms with E-state index in [9.17, 15) is 13.2 Å². The van der Waals surface area contributed by atoms with Crippen LogP contribution in [0.1, 0.15) is 26.7 Å². The molecule has 168 valence electrons. The van der Waals surface area contributed by atoms with Gasteiger partial charge < -0.3 is 10.2 Å². The van der Waals surface area contributed by atoms with Crippen molar-refractivity contribution in [3.63, 3.8) is 0 Å². The molecule has 1 aliphatic rings. The highest BCUT2D eigenvalue weighted by atomic mass is 32.2. The molecule has 1 aromatic heterocycles. The van der Waals surface area contributed by atoms with Crippen molar-refractivity contribution < 1.29 is 13.2 Å². The molecule has 1 unspecified atom stereocenters. The summed E-state index contributed by atoms with van der Waals surface area (Å²) < 4.78 is 27.1. The molecule has 0 saturated carbocycles. The standard InChI is InChI=1S/C23H27N5O3S/c1-3-27(4-2)32(30,31)18-10-7-9-17(15-18)26-23(29)21-13-8-14-28(21)22-19-11-5-6-12-20(19)24-16-25-22/h5-7,9-12,15-16,21H,3-4,8,13-14H2,1-2H3,(H,26,29). The van der Waals surface area contributed by atoms with Gasteiger partial charge in [0.15, 0.2) is 0 Å². The molecule has 0 spiro atoms. The fourth-order valence-electron chi connectivity index (χ4n) is 4.18. The highest BCUT2D eigenvalue weighted by Crippen LogP contribution is 2.30. The highest BCUT2D eigenvalue weighted by Gasteiger charge is 2.33. The van der Waals surface area contributed by atoms with Gasteiger partial charge in [0.05, 0.1) is 10.4 Å². The van der Waals surface area contributed by atoms with Gasteiger partial charge in [-0.25, -0.2) is 18.4 Å². The molecular formula is C23H27N5O3S. The summed E-state index contributed by atoms with van der Waals surface area (Å²) in [4.78, 5) is 24.1. The van der Waals surface area contributed by atoms with Gasteiger partial charge in [0.1, 0.15) is 18.2 Å². The van der Waals surface area contributed by atoms with E-state index in [1.165, 1.54) is 16.7 Å². The first-order chi connectivity index (χ1) is 15.5. The summed E-state index contributed by atoms with van der Waals surface area (Å²) >= 11 is 0. The molecular weight excluding hydrogens is 426 g/mol. The van der Waals surface area contributed by atoms with Crippen molar-refractivity contribution in [1.29, 1.82) is 0 Å². The lowest BCUT2D eigenvalue weighted by Gasteiger charge is -2.26. The fourth-order valence-corrected chi connectivity index (χ4v) is 5.69. The topological polar surface area (TPSA) is 95.5 Å². The van der Waals surface area contributed by atoms with Gasteiger partial charge in [0.25, 0.3) is 0 Å². The van der Waals surface area contributed by atoms with Crippen LogP contribution < -0.4 is 10.2 Å². The zero-order chi connectivity index (χ0) is 22.7. The van der Waals surface area contributed by atoms with Crippen LogP contribution in [0.25, 0.3) is 10.9 Å². The maximum absolute atomic E-state index is 13.2. The van der Waals surface area contributed by atoms with Crippen LogP contribution in [0.5, 0.6) is 0 Å². The van der Waals surface area contributed by atoms with Gasteiger partial charge in [0, 0.05) is 30.7 Å². The summed E-state index contributed by atoms with van der Waals surface area (Å²) in [6.45, 7) is 5.10. The SMILES string of the molecule is CCN(CC)S(=O)(=O)c1cccc(NC(=O)C2CCCN2c2ncnc3ccccc23)c1. The number of para-hydroxylation sites is 1. The van der Waals surface area contributed by atoms with Crippen LogP contribution in [0.15, 0.2) is 59.8 Å². The Hall–Kier alpha value is -3.04. The minimum absolute atomic E-state index is 0.170. The van der Waals surface area contributed by atoms with Gasteiger partial charge in [-0.05, 0) is 43.2 Å². The van der Waals surface area contributed by atoms with E-state index in [1.54, 1.807) is 32.0 Å². The van der Waals surface area contributed by atoms with Gasteiger partial charge in [-0.2, -0.15) is 4.31 Å². The number of nitrogens with zero attached hydrogens (tertiary/aromatic N) is 4. The van der Waals surface area contributed by atoms with Gasteiger partial charge in [-0.1, -0.05) is 32.0 Å². The zero-order valence-corrected chi connectivity index (χ0v) is 19.0. The van der Waals surface area contributed by atoms with E-state index in [0.29, 0.717) is 25.2 Å². The molecule has 1 saturated heterocycles. The zero-order valence-electron chi connectivity index (χ0n) is 18.2. The molecule has 1 amide bonds. The second-order valence-corrected chi connectivity index (χ2v) is 9.61. The first kappa shape index (κ1) is 22.2. The van der Waals surface area contributed by atoms with Crippen LogP contribution in [0.3, 0.4) is 0 Å². The van der Waals surface area contributed by atoms with Gasteiger partial charge in [0.2, 0.25) is 15.9 Å². The monoisotopic (exact) mass is 453 g/mol. The molecule has 1 N–H and O–H groups in total. The fraction of sp³-hybridized carbons (Fsp3) is 0.348. The molecule has 0 radical (unpaired) electrons. The smallest absolute Gasteiger partial charge is 0.247 e. The number of aromatic nitrogens is 2. The number of carbonyl (C=O) groups is 1. The van der Waals surface area contributed by atoms with Crippen molar-refractivity contribution in [3.05, 3.63) is 54.9 Å². The molecule has 3 aromatic rings. The average molecular weight is 454 g/mol. The van der Waals surface area contributed by atoms with Gasteiger partial charge >= 0.3 is 0 Å². The van der Waals surface area contributed by atoms with E-state index in [2.05, 4.69) is 15.3 Å². The van der Waals surface area contributed by atoms with E-state index >= 15 is 0 Å². The maximum atomic E-state index is 13.2. The number of rotatable bonds is 7. The van der Waals surface area contributed by atoms with E-state index in [0.717, 1.165) is 29.7 Å². The molecule has 32 heavy (non-hydrogen) atoms. The molecule has 0 bridgehead atoms. The van der Waals surface area contributed by atoms with Crippen LogP contribution in [-0.4, -0.2) is 54.3 Å². The Morgan fingerprint density at radius 3 is 2.69 bits per heavy atom. The minimum Gasteiger partial charge on any atom is -0.344 e. The van der Waals surface area contributed by atoms with E-state index in [1.807, 2.05) is 29.2 Å². The Labute approximate surface area is 188 Å². The molecule has 9 heteroatoms. The normalized spacial score (nSPS) is 16.6. The second-order valence-electron chi connectivity index (χ2n) is 7.67. The molecule has 8 nitrogen and oxygen atoms in total. The third-order valence-electron chi connectivity index (χ3n) is 5.79. The quantitative estimate of drug-likeness (QED) is 0.590. The predicted octanol–water partition coefficient (Wildman–Crippen LogP) is 3.27. The third kappa shape index (κ3) is 4.18. The largest absolute Gasteiger partial charge is 0.344 e. The summed E-state index contributed by atoms with van der Waals surface area (Å²) in [6.07, 6.45) is 3.08. The lowest BCUT2D eigenvalue weighted by molar-refractivity contribution is -0.117. The number of hydrogen-bond donors (Lipinski definition) is 1. The number of carbonyl (C=O) groups excluding carboxylic acids is 1. The lowest BCUT2D eigenvalue weighted by atomic mass is 10.1. The van der Waals surface area contributed by atoms with Crippen molar-refractivity contribution >= 4 is 38.3 Å². The van der Waals surface area contributed by atoms with Crippen LogP contribution in [0, 0.1) is 0 Å². The van der Waals surface area contributed by atoms with Gasteiger partial charge in [-0.15, -0.1) is 0 Å². The Morgan fingerprint density at radius 1 is 1.12 bits per heavy atom. The molecule has 0 aliphatic carbocycles. The molecule has 4 rings (SSSR count). The first-order valence-electron chi connectivity index (χ1n) is 10.8. The van der Waals surface area contributed by atoms with Crippen molar-refractivity contribution in [3.8, 4) is 0 Å². The molecule has 1 aliphatic heterocycles. The maximum Gasteiger partial charge on any atom is 0.247 e. The van der Waals surface area contributed by atoms with Crippen molar-refractivity contribution in [2.24, 2.45) is 0 Å². The predicted molar refractivity (Wildman–Crippen MR) is 125 cm³/mol. The Balaban J connectivity index is 1.58. The first-order valence-corrected chi connectivity index (χ1v) is 12.3. The van der Waals surface area contributed by atoms with Crippen molar-refractivity contribution in [1.82, 2.24) is 14.3 Å². The number of benzene rings is 2. The number of amides is 1. The van der Waals surface area contributed by atoms with Crippen LogP contribution in [-0.2, 0) is 14.8 Å². The van der Waals surface area contributed by atoms with E-state index in [4.69, 9.17) is 0 Å². The van der Waals surface area contributed by atoms with Crippen molar-refractivity contribution in [2.45, 2.75) is 37.6 Å². The average Bonchev–Trinajstić information content (AvgIpc) is 3.29. The Kier molecular flexibility index (Phi) is 6.38. The number of fused-ring (bicyclic) bond motifs is 1. The number of anilines is 2. The molecule has 2 heterocycles. The minimum atomic E-state index is -3.60. The highest BCUT2D eigenvalue weighted by molar-refractivity contribution is 7.89. The van der Waals surface area contributed by atoms with Crippen LogP contribution in [0.2, 0.25) is 0 Å². The summed E-state index contributed by atoms with van der Waals surface area (Å²) in [6, 6.07) is 13.8. The summed E-state index contributed by atoms with van der Waals surface area (Å²) in [5.74, 6) is 0.564. The second kappa shape index (κ2) is 9.22. The summed E-state index contributed by atoms with van der Waals surface area (Å²) in [5.41, 5.74) is 1.29. The third-order valence-corrected chi connectivity index (χ3v) is 7.84. The molecule has 1 atom stereocenters. The van der Waals surface area contributed by atoms with Crippen molar-refractivity contribution in [2.75, 3.05) is 29.9 Å². The molecule has 2 aromatic carbocycles. The number of sulfonamides is 1. The molecule has 1 fully saturated rings. The van der Waals surface area contributed by atoms with Crippen LogP contribution in [0.4, 0.5) is 11.5 Å². The van der Waals surface area contributed by atoms with E-state index in [-0.39, 0.29) is 10.8 Å². The Bertz CT molecular complexity index is 1220.